The van der Waals surface area contributed by atoms with E-state index in [2.05, 4.69) is 20.9 Å². The Kier molecular flexibility index (Phi) is 5.29. The van der Waals surface area contributed by atoms with Gasteiger partial charge in [0.25, 0.3) is 5.91 Å². The Hall–Kier alpha value is -1.48. The van der Waals surface area contributed by atoms with Gasteiger partial charge < -0.3 is 10.6 Å². The second-order valence-electron chi connectivity index (χ2n) is 5.30. The van der Waals surface area contributed by atoms with E-state index in [4.69, 9.17) is 0 Å². The smallest absolute Gasteiger partial charge is 0.273 e. The van der Waals surface area contributed by atoms with Gasteiger partial charge in [-0.15, -0.1) is 5.10 Å². The fourth-order valence-corrected chi connectivity index (χ4v) is 2.93. The fourth-order valence-electron chi connectivity index (χ4n) is 2.26. The summed E-state index contributed by atoms with van der Waals surface area (Å²) < 4.78 is 23.7. The van der Waals surface area contributed by atoms with E-state index in [9.17, 15) is 13.2 Å². The van der Waals surface area contributed by atoms with Gasteiger partial charge in [-0.3, -0.25) is 4.79 Å². The number of carbonyl (C=O) groups excluding carboxylic acids is 1. The highest BCUT2D eigenvalue weighted by Gasteiger charge is 2.18. The number of nitrogens with zero attached hydrogens (tertiary/aromatic N) is 3. The molecule has 1 aliphatic rings. The van der Waals surface area contributed by atoms with Crippen LogP contribution in [-0.2, 0) is 9.84 Å². The van der Waals surface area contributed by atoms with Crippen molar-refractivity contribution >= 4 is 15.7 Å². The van der Waals surface area contributed by atoms with E-state index >= 15 is 0 Å². The molecule has 2 heterocycles. The summed E-state index contributed by atoms with van der Waals surface area (Å²) in [6, 6.07) is 0.283. The molecule has 1 aromatic rings. The van der Waals surface area contributed by atoms with Gasteiger partial charge >= 0.3 is 0 Å². The zero-order chi connectivity index (χ0) is 15.3. The molecular weight excluding hydrogens is 294 g/mol. The Labute approximate surface area is 124 Å². The lowest BCUT2D eigenvalue weighted by Crippen LogP contribution is -2.29. The van der Waals surface area contributed by atoms with Crippen LogP contribution in [-0.4, -0.2) is 61.0 Å². The highest BCUT2D eigenvalue weighted by Crippen LogP contribution is 2.16. The third kappa shape index (κ3) is 5.09. The largest absolute Gasteiger partial charge is 0.351 e. The molecule has 2 N–H and O–H groups in total. The van der Waals surface area contributed by atoms with Crippen LogP contribution >= 0.6 is 0 Å². The summed E-state index contributed by atoms with van der Waals surface area (Å²) in [6.45, 7) is 2.20. The third-order valence-corrected chi connectivity index (χ3v) is 4.43. The highest BCUT2D eigenvalue weighted by atomic mass is 32.2. The molecular formula is C12H21N5O3S. The van der Waals surface area contributed by atoms with E-state index in [1.165, 1.54) is 6.26 Å². The first-order chi connectivity index (χ1) is 9.96. The van der Waals surface area contributed by atoms with Crippen molar-refractivity contribution < 1.29 is 13.2 Å². The van der Waals surface area contributed by atoms with Crippen LogP contribution in [0.15, 0.2) is 6.20 Å². The first kappa shape index (κ1) is 15.9. The number of hydrogen-bond donors (Lipinski definition) is 2. The lowest BCUT2D eigenvalue weighted by atomic mass is 10.1. The molecule has 1 saturated heterocycles. The second kappa shape index (κ2) is 6.99. The lowest BCUT2D eigenvalue weighted by molar-refractivity contribution is 0.0948. The second-order valence-corrected chi connectivity index (χ2v) is 7.56. The van der Waals surface area contributed by atoms with Crippen molar-refractivity contribution in [1.82, 2.24) is 25.6 Å². The zero-order valence-corrected chi connectivity index (χ0v) is 12.9. The van der Waals surface area contributed by atoms with Crippen molar-refractivity contribution in [3.63, 3.8) is 0 Å². The number of carbonyl (C=O) groups is 1. The van der Waals surface area contributed by atoms with Crippen LogP contribution in [0.5, 0.6) is 0 Å². The maximum Gasteiger partial charge on any atom is 0.273 e. The summed E-state index contributed by atoms with van der Waals surface area (Å²) in [7, 11) is -2.99. The molecule has 118 valence electrons. The molecule has 0 atom stereocenters. The van der Waals surface area contributed by atoms with Crippen LogP contribution in [0, 0.1) is 0 Å². The average Bonchev–Trinajstić information content (AvgIpc) is 2.93. The Morgan fingerprint density at radius 1 is 1.48 bits per heavy atom. The molecule has 0 spiro atoms. The lowest BCUT2D eigenvalue weighted by Gasteiger charge is -2.22. The Balaban J connectivity index is 1.81. The molecule has 0 bridgehead atoms. The molecule has 8 nitrogen and oxygen atoms in total. The first-order valence-electron chi connectivity index (χ1n) is 7.04. The van der Waals surface area contributed by atoms with Crippen LogP contribution in [0.2, 0.25) is 0 Å². The van der Waals surface area contributed by atoms with Gasteiger partial charge in [-0.2, -0.15) is 0 Å². The topological polar surface area (TPSA) is 106 Å². The minimum Gasteiger partial charge on any atom is -0.351 e. The Bertz CT molecular complexity index is 577. The summed E-state index contributed by atoms with van der Waals surface area (Å²) in [6.07, 6.45) is 5.17. The molecule has 1 amide bonds. The Morgan fingerprint density at radius 3 is 2.86 bits per heavy atom. The number of nitrogens with one attached hydrogen (secondary N) is 2. The number of rotatable bonds is 6. The van der Waals surface area contributed by atoms with Crippen LogP contribution in [0.25, 0.3) is 0 Å². The van der Waals surface area contributed by atoms with E-state index in [-0.39, 0.29) is 23.4 Å². The van der Waals surface area contributed by atoms with Crippen molar-refractivity contribution in [1.29, 1.82) is 0 Å². The summed E-state index contributed by atoms with van der Waals surface area (Å²) in [5, 5.41) is 13.8. The standard InChI is InChI=1S/C12H21N5O3S/c1-21(19,20)8-2-5-14-12(18)11-9-17(16-15-11)10-3-6-13-7-4-10/h9-10,13H,2-8H2,1H3,(H,14,18). The number of piperidine rings is 1. The minimum absolute atomic E-state index is 0.0645. The summed E-state index contributed by atoms with van der Waals surface area (Å²) in [4.78, 5) is 11.9. The monoisotopic (exact) mass is 315 g/mol. The molecule has 0 aliphatic carbocycles. The SMILES string of the molecule is CS(=O)(=O)CCCNC(=O)c1cn(C2CCNCC2)nn1. The van der Waals surface area contributed by atoms with Gasteiger partial charge in [0.15, 0.2) is 5.69 Å². The van der Waals surface area contributed by atoms with Gasteiger partial charge in [0.2, 0.25) is 0 Å². The van der Waals surface area contributed by atoms with E-state index in [1.807, 2.05) is 0 Å². The van der Waals surface area contributed by atoms with Crippen molar-refractivity contribution in [2.24, 2.45) is 0 Å². The molecule has 21 heavy (non-hydrogen) atoms. The van der Waals surface area contributed by atoms with Crippen LogP contribution in [0.4, 0.5) is 0 Å². The normalized spacial score (nSPS) is 16.8. The summed E-state index contributed by atoms with van der Waals surface area (Å²) in [5.74, 6) is -0.252. The van der Waals surface area contributed by atoms with Crippen molar-refractivity contribution in [3.8, 4) is 0 Å². The van der Waals surface area contributed by atoms with Gasteiger partial charge in [0.05, 0.1) is 18.0 Å². The predicted molar refractivity (Wildman–Crippen MR) is 77.8 cm³/mol. The number of sulfone groups is 1. The molecule has 9 heteroatoms. The van der Waals surface area contributed by atoms with Crippen LogP contribution < -0.4 is 10.6 Å². The van der Waals surface area contributed by atoms with E-state index < -0.39 is 9.84 Å². The van der Waals surface area contributed by atoms with Gasteiger partial charge in [-0.25, -0.2) is 13.1 Å². The van der Waals surface area contributed by atoms with E-state index in [0.717, 1.165) is 25.9 Å². The molecule has 1 fully saturated rings. The van der Waals surface area contributed by atoms with Gasteiger partial charge in [0.1, 0.15) is 9.84 Å². The molecule has 0 aromatic carbocycles. The first-order valence-corrected chi connectivity index (χ1v) is 9.10. The maximum atomic E-state index is 11.9. The van der Waals surface area contributed by atoms with Gasteiger partial charge in [-0.1, -0.05) is 5.21 Å². The zero-order valence-electron chi connectivity index (χ0n) is 12.1. The molecule has 1 aromatic heterocycles. The molecule has 2 rings (SSSR count). The van der Waals surface area contributed by atoms with E-state index in [0.29, 0.717) is 13.0 Å². The van der Waals surface area contributed by atoms with E-state index in [1.54, 1.807) is 10.9 Å². The molecule has 0 radical (unpaired) electrons. The molecule has 1 aliphatic heterocycles. The average molecular weight is 315 g/mol. The number of hydrogen-bond acceptors (Lipinski definition) is 6. The third-order valence-electron chi connectivity index (χ3n) is 3.40. The Morgan fingerprint density at radius 2 is 2.19 bits per heavy atom. The van der Waals surface area contributed by atoms with Crippen LogP contribution in [0.1, 0.15) is 35.8 Å². The van der Waals surface area contributed by atoms with Gasteiger partial charge in [0, 0.05) is 12.8 Å². The minimum atomic E-state index is -2.99. The van der Waals surface area contributed by atoms with Crippen molar-refractivity contribution in [2.75, 3.05) is 31.6 Å². The quantitative estimate of drug-likeness (QED) is 0.677. The molecule has 0 unspecified atom stereocenters. The number of amides is 1. The maximum absolute atomic E-state index is 11.9. The molecule has 0 saturated carbocycles. The van der Waals surface area contributed by atoms with Crippen molar-refractivity contribution in [2.45, 2.75) is 25.3 Å². The predicted octanol–water partition coefficient (Wildman–Crippen LogP) is -0.633. The van der Waals surface area contributed by atoms with Crippen molar-refractivity contribution in [3.05, 3.63) is 11.9 Å². The summed E-state index contributed by atoms with van der Waals surface area (Å²) >= 11 is 0. The number of aromatic nitrogens is 3. The highest BCUT2D eigenvalue weighted by molar-refractivity contribution is 7.90. The van der Waals surface area contributed by atoms with Crippen LogP contribution in [0.3, 0.4) is 0 Å². The fraction of sp³-hybridized carbons (Fsp3) is 0.750. The van der Waals surface area contributed by atoms with Gasteiger partial charge in [-0.05, 0) is 32.4 Å². The summed E-state index contributed by atoms with van der Waals surface area (Å²) in [5.41, 5.74) is 0.271.